The molecule has 0 aliphatic carbocycles. The topological polar surface area (TPSA) is 363 Å². The van der Waals surface area contributed by atoms with Gasteiger partial charge in [-0.15, -0.1) is 0 Å². The lowest BCUT2D eigenvalue weighted by Crippen LogP contribution is -2.61. The lowest BCUT2D eigenvalue weighted by molar-refractivity contribution is -0.147. The Bertz CT molecular complexity index is 3380. The Balaban J connectivity index is 1.06. The number of carbonyl (C=O) groups is 12. The van der Waals surface area contributed by atoms with Crippen molar-refractivity contribution in [2.24, 2.45) is 5.92 Å². The molecule has 470 valence electrons. The minimum absolute atomic E-state index is 0.0173. The molecule has 0 unspecified atom stereocenters. The van der Waals surface area contributed by atoms with Gasteiger partial charge in [0.1, 0.15) is 47.8 Å². The van der Waals surface area contributed by atoms with Gasteiger partial charge in [-0.05, 0) is 88.0 Å². The summed E-state index contributed by atoms with van der Waals surface area (Å²) in [7, 11) is 3.99. The zero-order chi connectivity index (χ0) is 63.5. The van der Waals surface area contributed by atoms with Crippen LogP contribution in [0.1, 0.15) is 92.6 Å². The monoisotopic (exact) mass is 1220 g/mol. The highest BCUT2D eigenvalue weighted by Gasteiger charge is 2.41. The Morgan fingerprint density at radius 1 is 0.511 bits per heavy atom. The molecule has 2 aromatic heterocycles. The maximum Gasteiger partial charge on any atom is 0.274 e. The molecule has 4 aliphatic rings. The minimum Gasteiger partial charge on any atom is -0.505 e. The fourth-order valence-corrected chi connectivity index (χ4v) is 11.6. The smallest absolute Gasteiger partial charge is 0.274 e. The molecule has 4 fully saturated rings. The zero-order valence-electron chi connectivity index (χ0n) is 49.9. The molecule has 6 atom stereocenters. The van der Waals surface area contributed by atoms with E-state index >= 15 is 0 Å². The van der Waals surface area contributed by atoms with Crippen molar-refractivity contribution in [3.8, 4) is 11.5 Å². The van der Waals surface area contributed by atoms with E-state index in [1.54, 1.807) is 62.4 Å². The van der Waals surface area contributed by atoms with Gasteiger partial charge in [0, 0.05) is 64.6 Å². The summed E-state index contributed by atoms with van der Waals surface area (Å²) in [6.45, 7) is -0.0156. The third-order valence-corrected chi connectivity index (χ3v) is 16.4. The predicted octanol–water partition coefficient (Wildman–Crippen LogP) is -0.887. The van der Waals surface area contributed by atoms with Gasteiger partial charge in [-0.3, -0.25) is 57.5 Å². The van der Waals surface area contributed by atoms with Gasteiger partial charge in [0.25, 0.3) is 11.8 Å². The maximum absolute atomic E-state index is 14.8. The second-order valence-electron chi connectivity index (χ2n) is 23.0. The van der Waals surface area contributed by atoms with Crippen LogP contribution in [0.2, 0.25) is 0 Å². The summed E-state index contributed by atoms with van der Waals surface area (Å²) in [4.78, 5) is 186. The SMILES string of the molecule is CC(C)[C@H]1C(=O)NC[C@@H](NC(=O)c2nc3ccccc3cc2O)C(=O)N2CCCC[C@H]2C(=O)NCC(=O)N(C)CC(=O)N2CCCC[C@H]2C(=O)NC[C@@H](NC(=O)c2nc3ccccc3cc2O)C(=O)N2CCCC[C@H]2C(=O)NCC(=O)N(C)CC(=O)N1C. The Morgan fingerprint density at radius 2 is 0.898 bits per heavy atom. The Morgan fingerprint density at radius 3 is 1.34 bits per heavy atom. The van der Waals surface area contributed by atoms with Crippen molar-refractivity contribution in [1.29, 1.82) is 0 Å². The first kappa shape index (κ1) is 64.5. The summed E-state index contributed by atoms with van der Waals surface area (Å²) in [6, 6.07) is 8.17. The third kappa shape index (κ3) is 15.2. The zero-order valence-corrected chi connectivity index (χ0v) is 49.9. The number of aromatic hydroxyl groups is 2. The molecule has 4 saturated heterocycles. The summed E-state index contributed by atoms with van der Waals surface area (Å²) < 4.78 is 0. The largest absolute Gasteiger partial charge is 0.505 e. The number of hydrogen-bond donors (Lipinski definition) is 8. The predicted molar refractivity (Wildman–Crippen MR) is 316 cm³/mol. The van der Waals surface area contributed by atoms with Crippen LogP contribution in [0.25, 0.3) is 21.8 Å². The fourth-order valence-electron chi connectivity index (χ4n) is 11.6. The van der Waals surface area contributed by atoms with Crippen molar-refractivity contribution in [2.45, 2.75) is 108 Å². The highest BCUT2D eigenvalue weighted by Crippen LogP contribution is 2.26. The highest BCUT2D eigenvalue weighted by atomic mass is 16.3. The highest BCUT2D eigenvalue weighted by molar-refractivity contribution is 6.03. The fraction of sp³-hybridized carbons (Fsp3) is 0.500. The number of nitrogens with one attached hydrogen (secondary N) is 6. The first-order valence-electron chi connectivity index (χ1n) is 29.6. The molecule has 0 radical (unpaired) electrons. The van der Waals surface area contributed by atoms with Crippen LogP contribution in [0.4, 0.5) is 0 Å². The van der Waals surface area contributed by atoms with Gasteiger partial charge in [-0.25, -0.2) is 9.97 Å². The maximum atomic E-state index is 14.8. The number of para-hydroxylation sites is 2. The average molecular weight is 1220 g/mol. The van der Waals surface area contributed by atoms with Crippen LogP contribution < -0.4 is 31.9 Å². The number of fused-ring (bicyclic) bond motifs is 5. The van der Waals surface area contributed by atoms with Gasteiger partial charge in [-0.1, -0.05) is 50.2 Å². The molecule has 28 nitrogen and oxygen atoms in total. The molecular weight excluding hydrogens is 1140 g/mol. The number of aromatic nitrogens is 2. The molecule has 12 amide bonds. The number of hydrogen-bond acceptors (Lipinski definition) is 16. The van der Waals surface area contributed by atoms with Crippen LogP contribution in [-0.4, -0.2) is 237 Å². The lowest BCUT2D eigenvalue weighted by Gasteiger charge is -2.38. The molecule has 0 bridgehead atoms. The molecule has 4 aliphatic heterocycles. The second kappa shape index (κ2) is 28.8. The number of likely N-dealkylation sites (N-methyl/N-ethyl adjacent to an activating group) is 3. The Kier molecular flexibility index (Phi) is 21.1. The minimum atomic E-state index is -1.60. The van der Waals surface area contributed by atoms with E-state index in [0.717, 1.165) is 14.7 Å². The van der Waals surface area contributed by atoms with Gasteiger partial charge < -0.3 is 71.5 Å². The van der Waals surface area contributed by atoms with E-state index in [1.807, 2.05) is 0 Å². The second-order valence-corrected chi connectivity index (χ2v) is 23.0. The van der Waals surface area contributed by atoms with Gasteiger partial charge in [0.2, 0.25) is 59.1 Å². The molecule has 88 heavy (non-hydrogen) atoms. The number of benzene rings is 2. The number of amides is 12. The van der Waals surface area contributed by atoms with Gasteiger partial charge in [-0.2, -0.15) is 0 Å². The third-order valence-electron chi connectivity index (χ3n) is 16.4. The van der Waals surface area contributed by atoms with Crippen LogP contribution in [0.5, 0.6) is 11.5 Å². The van der Waals surface area contributed by atoms with Crippen molar-refractivity contribution >= 4 is 92.7 Å². The van der Waals surface area contributed by atoms with E-state index < -0.39 is 175 Å². The Labute approximate surface area is 507 Å². The summed E-state index contributed by atoms with van der Waals surface area (Å²) in [6.07, 6.45) is 3.34. The van der Waals surface area contributed by atoms with Crippen LogP contribution in [-0.2, 0) is 47.9 Å². The van der Waals surface area contributed by atoms with Gasteiger partial charge >= 0.3 is 0 Å². The van der Waals surface area contributed by atoms with E-state index in [0.29, 0.717) is 60.3 Å². The number of pyridine rings is 2. The average Bonchev–Trinajstić information content (AvgIpc) is 3.15. The van der Waals surface area contributed by atoms with Crippen molar-refractivity contribution in [1.82, 2.24) is 71.3 Å². The summed E-state index contributed by atoms with van der Waals surface area (Å²) in [5, 5.41) is 38.7. The number of piperidine rings is 3. The molecule has 0 spiro atoms. The molecule has 4 aromatic rings. The summed E-state index contributed by atoms with van der Waals surface area (Å²) in [5.41, 5.74) is -0.154. The van der Waals surface area contributed by atoms with Crippen molar-refractivity contribution in [2.75, 3.05) is 80.0 Å². The van der Waals surface area contributed by atoms with Crippen LogP contribution >= 0.6 is 0 Å². The van der Waals surface area contributed by atoms with Gasteiger partial charge in [0.05, 0.1) is 37.2 Å². The summed E-state index contributed by atoms with van der Waals surface area (Å²) >= 11 is 0. The quantitative estimate of drug-likeness (QED) is 0.120. The Hall–Kier alpha value is -9.50. The van der Waals surface area contributed by atoms with Crippen molar-refractivity contribution in [3.63, 3.8) is 0 Å². The number of nitrogens with zero attached hydrogens (tertiary/aromatic N) is 8. The van der Waals surface area contributed by atoms with Crippen LogP contribution in [0, 0.1) is 5.92 Å². The first-order chi connectivity index (χ1) is 42.0. The van der Waals surface area contributed by atoms with Gasteiger partial charge in [0.15, 0.2) is 11.4 Å². The van der Waals surface area contributed by atoms with E-state index in [4.69, 9.17) is 0 Å². The first-order valence-corrected chi connectivity index (χ1v) is 29.6. The molecular formula is C60H76N14O14. The molecule has 0 saturated carbocycles. The van der Waals surface area contributed by atoms with E-state index in [2.05, 4.69) is 41.9 Å². The molecule has 8 rings (SSSR count). The van der Waals surface area contributed by atoms with E-state index in [9.17, 15) is 67.7 Å². The number of rotatable bonds is 5. The molecule has 6 heterocycles. The molecule has 28 heteroatoms. The van der Waals surface area contributed by atoms with Crippen molar-refractivity contribution in [3.05, 3.63) is 72.1 Å². The summed E-state index contributed by atoms with van der Waals surface area (Å²) in [5.74, 6) is -10.8. The molecule has 2 aromatic carbocycles. The molecule has 8 N–H and O–H groups in total. The normalized spacial score (nSPS) is 23.7. The standard InChI is InChI=1S/C60H76N14O14/c1-34(2)52-58(86)62-29-40(68-57(85)51-45(76)27-36-17-7-9-19-38(36)66-51)60(88)74-25-15-12-22-43(74)55(83)64-31-47(78)70(4)33-49(80)72-23-13-10-20-41(72)53(81)61-28-39(67-56(84)50-44(75)26-35-16-6-8-18-37(35)65-50)59(87)73-24-14-11-21-42(73)54(82)63-30-46(77)69(3)32-48(79)71(52)5/h6-9,16-19,26-27,34,39-43,52,75-76H,10-15,20-25,28-33H2,1-5H3,(H,61,81)(H,62,86)(H,63,82)(H,64,83)(H,67,84)(H,68,85)/t39-,40-,41+,42+,43+,52+/m1/s1. The van der Waals surface area contributed by atoms with Crippen LogP contribution in [0.3, 0.4) is 0 Å². The lowest BCUT2D eigenvalue weighted by atomic mass is 9.99. The van der Waals surface area contributed by atoms with Crippen molar-refractivity contribution < 1.29 is 67.7 Å². The van der Waals surface area contributed by atoms with E-state index in [-0.39, 0.29) is 38.9 Å². The number of carbonyl (C=O) groups excluding carboxylic acids is 12. The van der Waals surface area contributed by atoms with E-state index in [1.165, 1.54) is 48.0 Å². The van der Waals surface area contributed by atoms with Crippen LogP contribution in [0.15, 0.2) is 60.7 Å².